The molecule has 0 saturated carbocycles. The number of aryl methyl sites for hydroxylation is 3. The highest BCUT2D eigenvalue weighted by atomic mass is 16.5. The Kier molecular flexibility index (Phi) is 5.33. The summed E-state index contributed by atoms with van der Waals surface area (Å²) in [5, 5.41) is 8.60. The van der Waals surface area contributed by atoms with E-state index < -0.39 is 0 Å². The van der Waals surface area contributed by atoms with Gasteiger partial charge in [-0.15, -0.1) is 0 Å². The van der Waals surface area contributed by atoms with E-state index in [0.717, 1.165) is 27.7 Å². The molecule has 0 atom stereocenters. The maximum Gasteiger partial charge on any atom is 0.264 e. The number of methoxy groups -OCH3 is 2. The molecule has 158 valence electrons. The summed E-state index contributed by atoms with van der Waals surface area (Å²) < 4.78 is 12.4. The van der Waals surface area contributed by atoms with Crippen molar-refractivity contribution in [2.24, 2.45) is 0 Å². The smallest absolute Gasteiger partial charge is 0.264 e. The van der Waals surface area contributed by atoms with E-state index in [4.69, 9.17) is 14.5 Å². The Morgan fingerprint density at radius 1 is 0.935 bits per heavy atom. The summed E-state index contributed by atoms with van der Waals surface area (Å²) in [6.45, 7) is 5.94. The Balaban J connectivity index is 1.79. The van der Waals surface area contributed by atoms with Gasteiger partial charge in [-0.1, -0.05) is 24.3 Å². The Hall–Kier alpha value is -3.87. The summed E-state index contributed by atoms with van der Waals surface area (Å²) in [4.78, 5) is 18.0. The summed E-state index contributed by atoms with van der Waals surface area (Å²) in [6, 6.07) is 15.1. The summed E-state index contributed by atoms with van der Waals surface area (Å²) in [5.41, 5.74) is 4.15. The standard InChI is InChI=1S/C24H24N4O3/c1-14-8-6-9-17-15(2)12-20(25-23(14)17)28-21(13-16(3)27-28)26-24(29)22-18(30-4)10-7-11-19(22)31-5/h6-13H,1-5H3,(H,26,29). The zero-order chi connectivity index (χ0) is 22.1. The third kappa shape index (κ3) is 3.70. The maximum absolute atomic E-state index is 13.2. The number of fused-ring (bicyclic) bond motifs is 1. The van der Waals surface area contributed by atoms with Gasteiger partial charge in [-0.3, -0.25) is 4.79 Å². The van der Waals surface area contributed by atoms with Crippen molar-refractivity contribution in [1.82, 2.24) is 14.8 Å². The average Bonchev–Trinajstić information content (AvgIpc) is 3.13. The molecule has 7 heteroatoms. The van der Waals surface area contributed by atoms with Gasteiger partial charge in [0.2, 0.25) is 0 Å². The van der Waals surface area contributed by atoms with Crippen LogP contribution in [-0.2, 0) is 0 Å². The first kappa shape index (κ1) is 20.4. The van der Waals surface area contributed by atoms with Crippen LogP contribution in [0.5, 0.6) is 11.5 Å². The Morgan fingerprint density at radius 2 is 1.61 bits per heavy atom. The summed E-state index contributed by atoms with van der Waals surface area (Å²) >= 11 is 0. The molecule has 4 rings (SSSR count). The number of aromatic nitrogens is 3. The molecular formula is C24H24N4O3. The first-order valence-corrected chi connectivity index (χ1v) is 9.89. The van der Waals surface area contributed by atoms with Crippen LogP contribution in [0, 0.1) is 20.8 Å². The molecule has 0 aliphatic rings. The van der Waals surface area contributed by atoms with Crippen LogP contribution in [0.2, 0.25) is 0 Å². The molecule has 0 aliphatic heterocycles. The van der Waals surface area contributed by atoms with Gasteiger partial charge in [0, 0.05) is 11.5 Å². The van der Waals surface area contributed by atoms with Gasteiger partial charge in [-0.25, -0.2) is 4.98 Å². The minimum absolute atomic E-state index is 0.316. The lowest BCUT2D eigenvalue weighted by Gasteiger charge is -2.14. The highest BCUT2D eigenvalue weighted by molar-refractivity contribution is 6.08. The van der Waals surface area contributed by atoms with Gasteiger partial charge < -0.3 is 14.8 Å². The molecule has 31 heavy (non-hydrogen) atoms. The second-order valence-electron chi connectivity index (χ2n) is 7.34. The van der Waals surface area contributed by atoms with E-state index in [9.17, 15) is 4.79 Å². The lowest BCUT2D eigenvalue weighted by Crippen LogP contribution is -2.17. The van der Waals surface area contributed by atoms with E-state index in [1.807, 2.05) is 39.0 Å². The van der Waals surface area contributed by atoms with Crippen molar-refractivity contribution >= 4 is 22.6 Å². The Labute approximate surface area is 180 Å². The van der Waals surface area contributed by atoms with Crippen molar-refractivity contribution in [2.75, 3.05) is 19.5 Å². The first-order valence-electron chi connectivity index (χ1n) is 9.89. The van der Waals surface area contributed by atoms with Crippen LogP contribution in [0.15, 0.2) is 48.5 Å². The summed E-state index contributed by atoms with van der Waals surface area (Å²) in [5.74, 6) is 1.64. The molecular weight excluding hydrogens is 392 g/mol. The zero-order valence-electron chi connectivity index (χ0n) is 18.2. The van der Waals surface area contributed by atoms with Crippen LogP contribution in [0.3, 0.4) is 0 Å². The predicted octanol–water partition coefficient (Wildman–Crippen LogP) is 4.62. The minimum Gasteiger partial charge on any atom is -0.496 e. The summed E-state index contributed by atoms with van der Waals surface area (Å²) in [7, 11) is 3.04. The lowest BCUT2D eigenvalue weighted by atomic mass is 10.1. The third-order valence-electron chi connectivity index (χ3n) is 5.18. The number of nitrogens with zero attached hydrogens (tertiary/aromatic N) is 3. The van der Waals surface area contributed by atoms with E-state index in [1.54, 1.807) is 28.9 Å². The maximum atomic E-state index is 13.2. The molecule has 1 amide bonds. The Morgan fingerprint density at radius 3 is 2.29 bits per heavy atom. The van der Waals surface area contributed by atoms with Crippen LogP contribution in [0.25, 0.3) is 16.7 Å². The normalized spacial score (nSPS) is 10.9. The van der Waals surface area contributed by atoms with Gasteiger partial charge >= 0.3 is 0 Å². The van der Waals surface area contributed by atoms with E-state index in [0.29, 0.717) is 28.7 Å². The largest absolute Gasteiger partial charge is 0.496 e. The Bertz CT molecular complexity index is 1270. The van der Waals surface area contributed by atoms with Crippen molar-refractivity contribution in [3.8, 4) is 17.3 Å². The fourth-order valence-corrected chi connectivity index (χ4v) is 3.67. The average molecular weight is 416 g/mol. The SMILES string of the molecule is COc1cccc(OC)c1C(=O)Nc1cc(C)nn1-c1cc(C)c2cccc(C)c2n1. The van der Waals surface area contributed by atoms with Gasteiger partial charge in [0.1, 0.15) is 22.9 Å². The molecule has 0 spiro atoms. The fourth-order valence-electron chi connectivity index (χ4n) is 3.67. The van der Waals surface area contributed by atoms with Gasteiger partial charge in [-0.05, 0) is 50.1 Å². The van der Waals surface area contributed by atoms with Crippen LogP contribution < -0.4 is 14.8 Å². The molecule has 7 nitrogen and oxygen atoms in total. The number of amides is 1. The molecule has 2 aromatic heterocycles. The number of para-hydroxylation sites is 1. The van der Waals surface area contributed by atoms with Crippen LogP contribution >= 0.6 is 0 Å². The van der Waals surface area contributed by atoms with Crippen molar-refractivity contribution in [3.63, 3.8) is 0 Å². The number of rotatable bonds is 5. The summed E-state index contributed by atoms with van der Waals surface area (Å²) in [6.07, 6.45) is 0. The number of hydrogen-bond acceptors (Lipinski definition) is 5. The number of carbonyl (C=O) groups is 1. The van der Waals surface area contributed by atoms with Crippen molar-refractivity contribution < 1.29 is 14.3 Å². The van der Waals surface area contributed by atoms with Crippen molar-refractivity contribution in [1.29, 1.82) is 0 Å². The first-order chi connectivity index (χ1) is 14.9. The van der Waals surface area contributed by atoms with E-state index in [2.05, 4.69) is 16.5 Å². The molecule has 0 bridgehead atoms. The van der Waals surface area contributed by atoms with Crippen LogP contribution in [0.4, 0.5) is 5.82 Å². The number of carbonyl (C=O) groups excluding carboxylic acids is 1. The van der Waals surface area contributed by atoms with Crippen LogP contribution in [0.1, 0.15) is 27.2 Å². The number of anilines is 1. The number of nitrogens with one attached hydrogen (secondary N) is 1. The second kappa shape index (κ2) is 8.10. The van der Waals surface area contributed by atoms with E-state index in [-0.39, 0.29) is 5.91 Å². The quantitative estimate of drug-likeness (QED) is 0.514. The zero-order valence-corrected chi connectivity index (χ0v) is 18.2. The van der Waals surface area contributed by atoms with E-state index >= 15 is 0 Å². The van der Waals surface area contributed by atoms with Gasteiger partial charge in [0.05, 0.1) is 25.4 Å². The molecule has 0 fully saturated rings. The highest BCUT2D eigenvalue weighted by Gasteiger charge is 2.21. The van der Waals surface area contributed by atoms with Crippen molar-refractivity contribution in [3.05, 3.63) is 70.9 Å². The van der Waals surface area contributed by atoms with Gasteiger partial charge in [0.25, 0.3) is 5.91 Å². The van der Waals surface area contributed by atoms with E-state index in [1.165, 1.54) is 14.2 Å². The topological polar surface area (TPSA) is 78.3 Å². The molecule has 2 aromatic carbocycles. The molecule has 0 saturated heterocycles. The molecule has 0 radical (unpaired) electrons. The molecule has 4 aromatic rings. The molecule has 1 N–H and O–H groups in total. The van der Waals surface area contributed by atoms with Crippen molar-refractivity contribution in [2.45, 2.75) is 20.8 Å². The molecule has 0 unspecified atom stereocenters. The number of benzene rings is 2. The fraction of sp³-hybridized carbons (Fsp3) is 0.208. The van der Waals surface area contributed by atoms with Gasteiger partial charge in [0.15, 0.2) is 5.82 Å². The number of pyridine rings is 1. The molecule has 2 heterocycles. The number of ether oxygens (including phenoxy) is 2. The minimum atomic E-state index is -0.357. The predicted molar refractivity (Wildman–Crippen MR) is 121 cm³/mol. The molecule has 0 aliphatic carbocycles. The lowest BCUT2D eigenvalue weighted by molar-refractivity contribution is 0.102. The third-order valence-corrected chi connectivity index (χ3v) is 5.18. The second-order valence-corrected chi connectivity index (χ2v) is 7.34. The monoisotopic (exact) mass is 416 g/mol. The number of hydrogen-bond donors (Lipinski definition) is 1. The van der Waals surface area contributed by atoms with Crippen LogP contribution in [-0.4, -0.2) is 34.9 Å². The van der Waals surface area contributed by atoms with Gasteiger partial charge in [-0.2, -0.15) is 9.78 Å². The highest BCUT2D eigenvalue weighted by Crippen LogP contribution is 2.30.